The van der Waals surface area contributed by atoms with Crippen LogP contribution < -0.4 is 5.56 Å². The molecule has 22 heavy (non-hydrogen) atoms. The zero-order valence-corrected chi connectivity index (χ0v) is 12.1. The molecule has 1 saturated heterocycles. The molecule has 0 N–H and O–H groups in total. The summed E-state index contributed by atoms with van der Waals surface area (Å²) in [5.41, 5.74) is 1.26. The molecule has 1 aliphatic rings. The third-order valence-electron chi connectivity index (χ3n) is 4.25. The Kier molecular flexibility index (Phi) is 2.96. The number of benzene rings is 1. The van der Waals surface area contributed by atoms with E-state index in [2.05, 4.69) is 5.10 Å². The van der Waals surface area contributed by atoms with Crippen LogP contribution in [0.5, 0.6) is 0 Å². The number of para-hydroxylation sites is 1. The number of hydrogen-bond donors (Lipinski definition) is 0. The van der Waals surface area contributed by atoms with E-state index in [1.54, 1.807) is 15.6 Å². The summed E-state index contributed by atoms with van der Waals surface area (Å²) in [5.74, 6) is -0.0347. The topological polar surface area (TPSA) is 59.6 Å². The van der Waals surface area contributed by atoms with E-state index in [0.717, 1.165) is 36.8 Å². The molecule has 6 heteroatoms. The Morgan fingerprint density at radius 3 is 2.73 bits per heavy atom. The van der Waals surface area contributed by atoms with Crippen LogP contribution in [0.1, 0.15) is 12.8 Å². The first-order valence-electron chi connectivity index (χ1n) is 7.48. The highest BCUT2D eigenvalue weighted by Crippen LogP contribution is 2.16. The fraction of sp³-hybridized carbons (Fsp3) is 0.312. The molecule has 112 valence electrons. The molecule has 1 aliphatic heterocycles. The molecule has 0 radical (unpaired) electrons. The minimum absolute atomic E-state index is 0.0108. The molecule has 1 amide bonds. The Hall–Kier alpha value is -2.63. The van der Waals surface area contributed by atoms with Crippen molar-refractivity contribution >= 4 is 22.3 Å². The van der Waals surface area contributed by atoms with Crippen LogP contribution in [0.15, 0.2) is 41.5 Å². The summed E-state index contributed by atoms with van der Waals surface area (Å²) in [4.78, 5) is 26.6. The van der Waals surface area contributed by atoms with Gasteiger partial charge in [-0.05, 0) is 25.0 Å². The average Bonchev–Trinajstić information content (AvgIpc) is 3.17. The largest absolute Gasteiger partial charge is 0.341 e. The summed E-state index contributed by atoms with van der Waals surface area (Å²) in [5, 5.41) is 5.15. The quantitative estimate of drug-likeness (QED) is 0.715. The van der Waals surface area contributed by atoms with E-state index in [1.165, 1.54) is 4.68 Å². The third kappa shape index (κ3) is 1.99. The number of nitrogens with zero attached hydrogens (tertiary/aromatic N) is 4. The van der Waals surface area contributed by atoms with Crippen molar-refractivity contribution in [2.75, 3.05) is 13.1 Å². The summed E-state index contributed by atoms with van der Waals surface area (Å²) in [6.07, 6.45) is 3.69. The van der Waals surface area contributed by atoms with Crippen molar-refractivity contribution in [1.29, 1.82) is 0 Å². The number of likely N-dealkylation sites (tertiary alicyclic amines) is 1. The molecule has 0 spiro atoms. The SMILES string of the molecule is O=C(Cn1ncn2c(cc3ccccc32)c1=O)N1CCCC1. The van der Waals surface area contributed by atoms with Crippen LogP contribution in [0.25, 0.3) is 16.4 Å². The maximum absolute atomic E-state index is 12.6. The third-order valence-corrected chi connectivity index (χ3v) is 4.25. The van der Waals surface area contributed by atoms with Gasteiger partial charge in [-0.15, -0.1) is 0 Å². The van der Waals surface area contributed by atoms with Crippen LogP contribution in [-0.2, 0) is 11.3 Å². The highest BCUT2D eigenvalue weighted by molar-refractivity contribution is 5.86. The van der Waals surface area contributed by atoms with Crippen molar-refractivity contribution in [3.63, 3.8) is 0 Å². The summed E-state index contributed by atoms with van der Waals surface area (Å²) in [6, 6.07) is 9.61. The molecular weight excluding hydrogens is 280 g/mol. The van der Waals surface area contributed by atoms with E-state index < -0.39 is 0 Å². The van der Waals surface area contributed by atoms with Crippen LogP contribution >= 0.6 is 0 Å². The normalized spacial score (nSPS) is 15.0. The molecule has 0 bridgehead atoms. The van der Waals surface area contributed by atoms with E-state index in [-0.39, 0.29) is 18.0 Å². The lowest BCUT2D eigenvalue weighted by Crippen LogP contribution is -2.36. The first-order chi connectivity index (χ1) is 10.7. The number of carbonyl (C=O) groups excluding carboxylic acids is 1. The molecule has 0 unspecified atom stereocenters. The Morgan fingerprint density at radius 1 is 1.14 bits per heavy atom. The smallest absolute Gasteiger partial charge is 0.291 e. The molecule has 0 aliphatic carbocycles. The van der Waals surface area contributed by atoms with Crippen molar-refractivity contribution in [2.24, 2.45) is 0 Å². The maximum atomic E-state index is 12.6. The second-order valence-electron chi connectivity index (χ2n) is 5.64. The minimum Gasteiger partial charge on any atom is -0.341 e. The Labute approximate surface area is 126 Å². The van der Waals surface area contributed by atoms with E-state index in [9.17, 15) is 9.59 Å². The monoisotopic (exact) mass is 296 g/mol. The summed E-state index contributed by atoms with van der Waals surface area (Å²) >= 11 is 0. The number of amides is 1. The average molecular weight is 296 g/mol. The van der Waals surface area contributed by atoms with Crippen LogP contribution in [0.4, 0.5) is 0 Å². The van der Waals surface area contributed by atoms with Gasteiger partial charge in [-0.25, -0.2) is 4.68 Å². The van der Waals surface area contributed by atoms with Crippen molar-refractivity contribution < 1.29 is 4.79 Å². The standard InChI is InChI=1S/C16H16N4O2/c21-15(18-7-3-4-8-18)10-20-16(22)14-9-12-5-1-2-6-13(12)19(14)11-17-20/h1-2,5-6,9,11H,3-4,7-8,10H2. The van der Waals surface area contributed by atoms with Crippen molar-refractivity contribution in [1.82, 2.24) is 19.1 Å². The zero-order chi connectivity index (χ0) is 15.1. The van der Waals surface area contributed by atoms with E-state index in [1.807, 2.05) is 30.3 Å². The summed E-state index contributed by atoms with van der Waals surface area (Å²) in [7, 11) is 0. The Bertz CT molecular complexity index is 919. The van der Waals surface area contributed by atoms with Gasteiger partial charge in [-0.3, -0.25) is 14.0 Å². The molecule has 1 fully saturated rings. The Balaban J connectivity index is 1.76. The van der Waals surface area contributed by atoms with Gasteiger partial charge in [0.2, 0.25) is 5.91 Å². The lowest BCUT2D eigenvalue weighted by Gasteiger charge is -2.15. The van der Waals surface area contributed by atoms with Crippen molar-refractivity contribution in [3.8, 4) is 0 Å². The van der Waals surface area contributed by atoms with Gasteiger partial charge in [0.15, 0.2) is 0 Å². The van der Waals surface area contributed by atoms with Gasteiger partial charge in [-0.2, -0.15) is 5.10 Å². The van der Waals surface area contributed by atoms with Gasteiger partial charge in [0.1, 0.15) is 18.4 Å². The maximum Gasteiger partial charge on any atom is 0.291 e. The van der Waals surface area contributed by atoms with Crippen molar-refractivity contribution in [3.05, 3.63) is 47.0 Å². The van der Waals surface area contributed by atoms with Gasteiger partial charge < -0.3 is 4.90 Å². The van der Waals surface area contributed by atoms with E-state index in [0.29, 0.717) is 5.52 Å². The highest BCUT2D eigenvalue weighted by Gasteiger charge is 2.19. The highest BCUT2D eigenvalue weighted by atomic mass is 16.2. The molecule has 4 rings (SSSR count). The lowest BCUT2D eigenvalue weighted by molar-refractivity contribution is -0.131. The Morgan fingerprint density at radius 2 is 1.91 bits per heavy atom. The molecule has 1 aromatic carbocycles. The van der Waals surface area contributed by atoms with Gasteiger partial charge in [0, 0.05) is 18.5 Å². The van der Waals surface area contributed by atoms with E-state index in [4.69, 9.17) is 0 Å². The van der Waals surface area contributed by atoms with Crippen LogP contribution in [0.2, 0.25) is 0 Å². The zero-order valence-electron chi connectivity index (χ0n) is 12.1. The van der Waals surface area contributed by atoms with Crippen LogP contribution in [-0.4, -0.2) is 38.1 Å². The number of fused-ring (bicyclic) bond motifs is 3. The first-order valence-corrected chi connectivity index (χ1v) is 7.48. The predicted molar refractivity (Wildman–Crippen MR) is 82.8 cm³/mol. The van der Waals surface area contributed by atoms with Crippen LogP contribution in [0.3, 0.4) is 0 Å². The molecule has 3 heterocycles. The van der Waals surface area contributed by atoms with Crippen molar-refractivity contribution in [2.45, 2.75) is 19.4 Å². The number of carbonyl (C=O) groups is 1. The minimum atomic E-state index is -0.230. The van der Waals surface area contributed by atoms with Crippen LogP contribution in [0, 0.1) is 0 Å². The van der Waals surface area contributed by atoms with Gasteiger partial charge in [0.05, 0.1) is 5.52 Å². The number of rotatable bonds is 2. The van der Waals surface area contributed by atoms with Gasteiger partial charge >= 0.3 is 0 Å². The fourth-order valence-electron chi connectivity index (χ4n) is 3.07. The second-order valence-corrected chi connectivity index (χ2v) is 5.64. The molecule has 3 aromatic rings. The van der Waals surface area contributed by atoms with E-state index >= 15 is 0 Å². The molecule has 2 aromatic heterocycles. The lowest BCUT2D eigenvalue weighted by atomic mass is 10.2. The van der Waals surface area contributed by atoms with Gasteiger partial charge in [-0.1, -0.05) is 18.2 Å². The number of aromatic nitrogens is 3. The number of hydrogen-bond acceptors (Lipinski definition) is 3. The molecule has 0 saturated carbocycles. The predicted octanol–water partition coefficient (Wildman–Crippen LogP) is 1.27. The summed E-state index contributed by atoms with van der Waals surface area (Å²) < 4.78 is 3.03. The fourth-order valence-corrected chi connectivity index (χ4v) is 3.07. The molecular formula is C16H16N4O2. The summed E-state index contributed by atoms with van der Waals surface area (Å²) in [6.45, 7) is 1.58. The molecule has 0 atom stereocenters. The van der Waals surface area contributed by atoms with Gasteiger partial charge in [0.25, 0.3) is 5.56 Å². The molecule has 6 nitrogen and oxygen atoms in total. The second kappa shape index (κ2) is 4.98. The first kappa shape index (κ1) is 13.1.